The molecule has 3 atom stereocenters. The number of benzene rings is 2. The minimum Gasteiger partial charge on any atom is -0.462 e. The first kappa shape index (κ1) is 24.9. The Morgan fingerprint density at radius 2 is 1.90 bits per heavy atom. The number of piperazine rings is 1. The molecule has 2 aromatic carbocycles. The number of pyridine rings is 1. The van der Waals surface area contributed by atoms with Crippen LogP contribution in [0.4, 0.5) is 14.6 Å². The second-order valence-electron chi connectivity index (χ2n) is 10.9. The van der Waals surface area contributed by atoms with E-state index < -0.39 is 11.6 Å². The summed E-state index contributed by atoms with van der Waals surface area (Å²) in [5.74, 6) is -0.540. The molecular formula is C29H29ClF2N6O. The number of rotatable bonds is 5. The van der Waals surface area contributed by atoms with Gasteiger partial charge in [0.2, 0.25) is 0 Å². The molecule has 0 radical (unpaired) electrons. The van der Waals surface area contributed by atoms with Crippen LogP contribution in [0.15, 0.2) is 36.5 Å². The summed E-state index contributed by atoms with van der Waals surface area (Å²) in [4.78, 5) is 18.3. The van der Waals surface area contributed by atoms with Gasteiger partial charge < -0.3 is 19.9 Å². The molecule has 10 heteroatoms. The van der Waals surface area contributed by atoms with Crippen LogP contribution >= 0.6 is 11.6 Å². The van der Waals surface area contributed by atoms with E-state index in [-0.39, 0.29) is 28.3 Å². The van der Waals surface area contributed by atoms with Gasteiger partial charge in [-0.3, -0.25) is 4.98 Å². The first-order valence-corrected chi connectivity index (χ1v) is 13.9. The van der Waals surface area contributed by atoms with Crippen LogP contribution in [0.2, 0.25) is 5.02 Å². The molecular weight excluding hydrogens is 522 g/mol. The lowest BCUT2D eigenvalue weighted by atomic mass is 10.0. The molecule has 202 valence electrons. The predicted octanol–water partition coefficient (Wildman–Crippen LogP) is 5.19. The van der Waals surface area contributed by atoms with E-state index in [0.717, 1.165) is 45.3 Å². The van der Waals surface area contributed by atoms with Gasteiger partial charge in [0.25, 0.3) is 0 Å². The number of hydrogen-bond acceptors (Lipinski definition) is 7. The number of aromatic nitrogens is 3. The molecule has 3 aliphatic heterocycles. The number of fused-ring (bicyclic) bond motifs is 4. The molecule has 2 bridgehead atoms. The molecule has 0 aliphatic carbocycles. The van der Waals surface area contributed by atoms with Crippen molar-refractivity contribution in [3.8, 4) is 17.3 Å². The highest BCUT2D eigenvalue weighted by Gasteiger charge is 2.34. The van der Waals surface area contributed by atoms with Crippen LogP contribution in [0, 0.1) is 11.6 Å². The third kappa shape index (κ3) is 4.37. The summed E-state index contributed by atoms with van der Waals surface area (Å²) < 4.78 is 37.0. The number of ether oxygens (including phenoxy) is 1. The Hall–Kier alpha value is -3.14. The Labute approximate surface area is 230 Å². The zero-order valence-electron chi connectivity index (χ0n) is 21.6. The molecule has 0 amide bonds. The molecule has 39 heavy (non-hydrogen) atoms. The maximum Gasteiger partial charge on any atom is 0.319 e. The second-order valence-corrected chi connectivity index (χ2v) is 11.3. The standard InChI is InChI=1S/C29H29ClF2N6O/c1-37-11-3-5-19(37)15-39-29-35-27-21(28(36-29)38-13-17-8-9-18(14-38)34-17)12-33-26(25(27)32)20-6-2-4-16-7-10-22(31)24(30)23(16)20/h2,4,6-7,10,12,17-19,34H,3,5,8-9,11,13-15H2,1H3/t17?,18?,19-/m0/s1. The van der Waals surface area contributed by atoms with E-state index in [0.29, 0.717) is 46.2 Å². The number of halogens is 3. The topological polar surface area (TPSA) is 66.4 Å². The Bertz CT molecular complexity index is 1570. The third-order valence-corrected chi connectivity index (χ3v) is 8.80. The quantitative estimate of drug-likeness (QED) is 0.367. The number of anilines is 1. The minimum absolute atomic E-state index is 0.0613. The van der Waals surface area contributed by atoms with Crippen molar-refractivity contribution in [2.45, 2.75) is 43.8 Å². The maximum absolute atomic E-state index is 16.4. The number of likely N-dealkylation sites (tertiary alicyclic amines) is 1. The average Bonchev–Trinajstić information content (AvgIpc) is 3.52. The zero-order chi connectivity index (χ0) is 26.7. The normalized spacial score (nSPS) is 23.3. The Morgan fingerprint density at radius 1 is 1.08 bits per heavy atom. The fourth-order valence-corrected chi connectivity index (χ4v) is 6.63. The Balaban J connectivity index is 1.36. The second kappa shape index (κ2) is 9.80. The van der Waals surface area contributed by atoms with E-state index in [1.807, 2.05) is 6.07 Å². The Kier molecular flexibility index (Phi) is 6.25. The van der Waals surface area contributed by atoms with Crippen molar-refractivity contribution in [2.75, 3.05) is 38.2 Å². The van der Waals surface area contributed by atoms with Crippen LogP contribution in [0.5, 0.6) is 6.01 Å². The number of nitrogens with one attached hydrogen (secondary N) is 1. The van der Waals surface area contributed by atoms with Gasteiger partial charge in [-0.15, -0.1) is 0 Å². The number of nitrogens with zero attached hydrogens (tertiary/aromatic N) is 5. The third-order valence-electron chi connectivity index (χ3n) is 8.43. The fraction of sp³-hybridized carbons (Fsp3) is 0.414. The van der Waals surface area contributed by atoms with Crippen LogP contribution in [0.25, 0.3) is 32.9 Å². The van der Waals surface area contributed by atoms with Gasteiger partial charge in [0.05, 0.1) is 10.4 Å². The largest absolute Gasteiger partial charge is 0.462 e. The van der Waals surface area contributed by atoms with E-state index in [1.54, 1.807) is 24.4 Å². The Morgan fingerprint density at radius 3 is 2.67 bits per heavy atom. The van der Waals surface area contributed by atoms with Gasteiger partial charge in [-0.1, -0.05) is 35.9 Å². The lowest BCUT2D eigenvalue weighted by Crippen LogP contribution is -2.51. The summed E-state index contributed by atoms with van der Waals surface area (Å²) in [5, 5.41) is 5.21. The van der Waals surface area contributed by atoms with Gasteiger partial charge >= 0.3 is 6.01 Å². The van der Waals surface area contributed by atoms with Crippen molar-refractivity contribution in [2.24, 2.45) is 0 Å². The molecule has 7 nitrogen and oxygen atoms in total. The molecule has 2 aromatic heterocycles. The van der Waals surface area contributed by atoms with Gasteiger partial charge in [0, 0.05) is 48.4 Å². The monoisotopic (exact) mass is 550 g/mol. The summed E-state index contributed by atoms with van der Waals surface area (Å²) in [5.41, 5.74) is 0.606. The highest BCUT2D eigenvalue weighted by atomic mass is 35.5. The molecule has 5 heterocycles. The van der Waals surface area contributed by atoms with Gasteiger partial charge in [-0.25, -0.2) is 8.78 Å². The molecule has 2 unspecified atom stereocenters. The molecule has 4 aromatic rings. The van der Waals surface area contributed by atoms with Crippen LogP contribution in [0.3, 0.4) is 0 Å². The number of hydrogen-bond donors (Lipinski definition) is 1. The lowest BCUT2D eigenvalue weighted by molar-refractivity contribution is 0.188. The van der Waals surface area contributed by atoms with E-state index in [4.69, 9.17) is 21.3 Å². The maximum atomic E-state index is 16.4. The van der Waals surface area contributed by atoms with Crippen molar-refractivity contribution in [3.63, 3.8) is 0 Å². The van der Waals surface area contributed by atoms with Crippen molar-refractivity contribution >= 4 is 39.1 Å². The summed E-state index contributed by atoms with van der Waals surface area (Å²) in [7, 11) is 2.08. The SMILES string of the molecule is CN1CCC[C@H]1COc1nc(N2CC3CCC(C2)N3)c2cnc(-c3cccc4ccc(F)c(Cl)c34)c(F)c2n1. The van der Waals surface area contributed by atoms with Gasteiger partial charge in [-0.2, -0.15) is 9.97 Å². The summed E-state index contributed by atoms with van der Waals surface area (Å²) in [6.45, 7) is 3.01. The highest BCUT2D eigenvalue weighted by Crippen LogP contribution is 2.38. The average molecular weight is 551 g/mol. The van der Waals surface area contributed by atoms with Gasteiger partial charge in [-0.05, 0) is 50.7 Å². The first-order valence-electron chi connectivity index (χ1n) is 13.5. The van der Waals surface area contributed by atoms with Crippen molar-refractivity contribution in [1.29, 1.82) is 0 Å². The van der Waals surface area contributed by atoms with Crippen molar-refractivity contribution < 1.29 is 13.5 Å². The van der Waals surface area contributed by atoms with Crippen molar-refractivity contribution in [1.82, 2.24) is 25.2 Å². The molecule has 3 saturated heterocycles. The van der Waals surface area contributed by atoms with E-state index in [1.165, 1.54) is 6.07 Å². The summed E-state index contributed by atoms with van der Waals surface area (Å²) in [6.07, 6.45) is 6.00. The summed E-state index contributed by atoms with van der Waals surface area (Å²) >= 11 is 6.36. The zero-order valence-corrected chi connectivity index (χ0v) is 22.4. The molecule has 3 fully saturated rings. The van der Waals surface area contributed by atoms with Crippen molar-refractivity contribution in [3.05, 3.63) is 53.2 Å². The minimum atomic E-state index is -0.607. The smallest absolute Gasteiger partial charge is 0.319 e. The molecule has 0 saturated carbocycles. The van der Waals surface area contributed by atoms with Crippen LogP contribution < -0.4 is 15.0 Å². The molecule has 7 rings (SSSR count). The van der Waals surface area contributed by atoms with E-state index in [9.17, 15) is 4.39 Å². The molecule has 1 N–H and O–H groups in total. The predicted molar refractivity (Wildman–Crippen MR) is 149 cm³/mol. The van der Waals surface area contributed by atoms with Crippen LogP contribution in [-0.4, -0.2) is 71.3 Å². The van der Waals surface area contributed by atoms with Gasteiger partial charge in [0.1, 0.15) is 29.5 Å². The van der Waals surface area contributed by atoms with E-state index >= 15 is 4.39 Å². The fourth-order valence-electron chi connectivity index (χ4n) is 6.35. The number of likely N-dealkylation sites (N-methyl/N-ethyl adjacent to an activating group) is 1. The van der Waals surface area contributed by atoms with E-state index in [2.05, 4.69) is 32.1 Å². The van der Waals surface area contributed by atoms with Crippen LogP contribution in [0.1, 0.15) is 25.7 Å². The molecule has 0 spiro atoms. The first-order chi connectivity index (χ1) is 19.0. The van der Waals surface area contributed by atoms with Crippen LogP contribution in [-0.2, 0) is 0 Å². The van der Waals surface area contributed by atoms with Gasteiger partial charge in [0.15, 0.2) is 5.82 Å². The summed E-state index contributed by atoms with van der Waals surface area (Å²) in [6, 6.07) is 9.41. The lowest BCUT2D eigenvalue weighted by Gasteiger charge is -2.34. The molecule has 3 aliphatic rings. The highest BCUT2D eigenvalue weighted by molar-refractivity contribution is 6.36.